The first-order valence-corrected chi connectivity index (χ1v) is 8.09. The van der Waals surface area contributed by atoms with Crippen LogP contribution in [0.4, 0.5) is 0 Å². The van der Waals surface area contributed by atoms with Crippen molar-refractivity contribution in [2.45, 2.75) is 12.0 Å². The van der Waals surface area contributed by atoms with Crippen LogP contribution in [0.25, 0.3) is 0 Å². The van der Waals surface area contributed by atoms with Crippen molar-refractivity contribution in [2.75, 3.05) is 26.9 Å². The molecule has 2 N–H and O–H groups in total. The van der Waals surface area contributed by atoms with Crippen LogP contribution in [0.3, 0.4) is 0 Å². The Morgan fingerprint density at radius 2 is 1.92 bits per heavy atom. The number of rotatable bonds is 6. The Morgan fingerprint density at radius 1 is 1.20 bits per heavy atom. The fourth-order valence-electron chi connectivity index (χ4n) is 2.80. The normalized spacial score (nSPS) is 18.6. The molecule has 1 aliphatic heterocycles. The number of nitrogens with one attached hydrogen (secondary N) is 1. The van der Waals surface area contributed by atoms with Gasteiger partial charge in [-0.1, -0.05) is 30.3 Å². The van der Waals surface area contributed by atoms with Gasteiger partial charge >= 0.3 is 0 Å². The minimum Gasteiger partial charge on any atom is -0.493 e. The van der Waals surface area contributed by atoms with E-state index >= 15 is 0 Å². The van der Waals surface area contributed by atoms with Gasteiger partial charge in [0.2, 0.25) is 0 Å². The van der Waals surface area contributed by atoms with Gasteiger partial charge in [0.1, 0.15) is 11.4 Å². The number of hydrogen-bond acceptors (Lipinski definition) is 5. The Morgan fingerprint density at radius 3 is 2.72 bits per heavy atom. The largest absolute Gasteiger partial charge is 0.493 e. The van der Waals surface area contributed by atoms with Crippen LogP contribution in [0, 0.1) is 0 Å². The molecule has 3 rings (SSSR count). The Bertz CT molecular complexity index is 748. The number of para-hydroxylation sites is 3. The van der Waals surface area contributed by atoms with Crippen LogP contribution in [0.2, 0.25) is 0 Å². The number of ether oxygens (including phenoxy) is 3. The summed E-state index contributed by atoms with van der Waals surface area (Å²) in [6, 6.07) is 14.4. The molecular weight excluding hydrogens is 322 g/mol. The topological polar surface area (TPSA) is 77.0 Å². The third-order valence-corrected chi connectivity index (χ3v) is 4.17. The Kier molecular flexibility index (Phi) is 5.09. The van der Waals surface area contributed by atoms with E-state index in [4.69, 9.17) is 14.2 Å². The van der Waals surface area contributed by atoms with E-state index in [0.717, 1.165) is 0 Å². The molecule has 2 aromatic rings. The number of fused-ring (bicyclic) bond motifs is 1. The van der Waals surface area contributed by atoms with E-state index in [-0.39, 0.29) is 19.1 Å². The summed E-state index contributed by atoms with van der Waals surface area (Å²) in [7, 11) is 1.54. The number of benzene rings is 2. The number of methoxy groups -OCH3 is 1. The molecule has 1 amide bonds. The third kappa shape index (κ3) is 3.85. The fourth-order valence-corrected chi connectivity index (χ4v) is 2.80. The molecule has 0 fully saturated rings. The summed E-state index contributed by atoms with van der Waals surface area (Å²) in [5.41, 5.74) is -0.457. The molecule has 25 heavy (non-hydrogen) atoms. The predicted octanol–water partition coefficient (Wildman–Crippen LogP) is 1.86. The minimum atomic E-state index is -1.14. The molecule has 0 saturated heterocycles. The van der Waals surface area contributed by atoms with Crippen molar-refractivity contribution in [3.63, 3.8) is 0 Å². The van der Waals surface area contributed by atoms with Crippen molar-refractivity contribution in [3.8, 4) is 17.2 Å². The lowest BCUT2D eigenvalue weighted by Gasteiger charge is -2.34. The summed E-state index contributed by atoms with van der Waals surface area (Å²) >= 11 is 0. The van der Waals surface area contributed by atoms with Crippen LogP contribution in [0.1, 0.15) is 12.0 Å². The van der Waals surface area contributed by atoms with Gasteiger partial charge in [-0.3, -0.25) is 4.79 Å². The van der Waals surface area contributed by atoms with Gasteiger partial charge in [-0.2, -0.15) is 0 Å². The van der Waals surface area contributed by atoms with Gasteiger partial charge in [0.05, 0.1) is 20.3 Å². The molecule has 2 aromatic carbocycles. The molecule has 0 saturated carbocycles. The minimum absolute atomic E-state index is 0.0987. The molecule has 1 unspecified atom stereocenters. The first-order valence-electron chi connectivity index (χ1n) is 8.09. The van der Waals surface area contributed by atoms with Gasteiger partial charge in [0.25, 0.3) is 5.91 Å². The van der Waals surface area contributed by atoms with Crippen LogP contribution in [-0.4, -0.2) is 37.9 Å². The van der Waals surface area contributed by atoms with Gasteiger partial charge in [0, 0.05) is 12.0 Å². The highest BCUT2D eigenvalue weighted by Crippen LogP contribution is 2.36. The average molecular weight is 343 g/mol. The van der Waals surface area contributed by atoms with Crippen LogP contribution in [0.5, 0.6) is 17.2 Å². The fraction of sp³-hybridized carbons (Fsp3) is 0.316. The molecule has 0 spiro atoms. The Hall–Kier alpha value is -2.73. The van der Waals surface area contributed by atoms with E-state index in [1.54, 1.807) is 25.3 Å². The van der Waals surface area contributed by atoms with Crippen molar-refractivity contribution < 1.29 is 24.1 Å². The number of aliphatic hydroxyl groups is 1. The van der Waals surface area contributed by atoms with Crippen molar-refractivity contribution in [2.24, 2.45) is 0 Å². The number of carbonyl (C=O) groups is 1. The standard InChI is InChI=1S/C19H21NO5/c1-23-16-8-4-5-9-17(16)25-12-18(21)20-13-19(22)10-11-24-15-7-3-2-6-14(15)19/h2-9,22H,10-13H2,1H3,(H,20,21). The van der Waals surface area contributed by atoms with Crippen molar-refractivity contribution in [3.05, 3.63) is 54.1 Å². The zero-order valence-corrected chi connectivity index (χ0v) is 14.0. The van der Waals surface area contributed by atoms with Gasteiger partial charge in [-0.05, 0) is 18.2 Å². The lowest BCUT2D eigenvalue weighted by atomic mass is 9.88. The van der Waals surface area contributed by atoms with Crippen molar-refractivity contribution in [1.82, 2.24) is 5.32 Å². The van der Waals surface area contributed by atoms with E-state index in [2.05, 4.69) is 5.32 Å². The Balaban J connectivity index is 1.58. The van der Waals surface area contributed by atoms with Crippen LogP contribution < -0.4 is 19.5 Å². The molecule has 6 nitrogen and oxygen atoms in total. The van der Waals surface area contributed by atoms with E-state index in [9.17, 15) is 9.90 Å². The number of amides is 1. The van der Waals surface area contributed by atoms with Gasteiger partial charge in [0.15, 0.2) is 18.1 Å². The summed E-state index contributed by atoms with van der Waals surface area (Å²) < 4.78 is 16.2. The van der Waals surface area contributed by atoms with Gasteiger partial charge < -0.3 is 24.6 Å². The summed E-state index contributed by atoms with van der Waals surface area (Å²) in [6.07, 6.45) is 0.414. The average Bonchev–Trinajstić information content (AvgIpc) is 2.65. The van der Waals surface area contributed by atoms with Crippen molar-refractivity contribution >= 4 is 5.91 Å². The zero-order valence-electron chi connectivity index (χ0n) is 14.0. The van der Waals surface area contributed by atoms with Gasteiger partial charge in [-0.15, -0.1) is 0 Å². The molecule has 1 aliphatic rings. The first-order chi connectivity index (χ1) is 12.1. The van der Waals surface area contributed by atoms with Crippen molar-refractivity contribution in [1.29, 1.82) is 0 Å². The zero-order chi connectivity index (χ0) is 17.7. The molecule has 132 valence electrons. The lowest BCUT2D eigenvalue weighted by molar-refractivity contribution is -0.124. The smallest absolute Gasteiger partial charge is 0.258 e. The highest BCUT2D eigenvalue weighted by Gasteiger charge is 2.35. The summed E-state index contributed by atoms with van der Waals surface area (Å²) in [5, 5.41) is 13.6. The summed E-state index contributed by atoms with van der Waals surface area (Å²) in [6.45, 7) is 0.344. The number of carbonyl (C=O) groups excluding carboxylic acids is 1. The SMILES string of the molecule is COc1ccccc1OCC(=O)NCC1(O)CCOc2ccccc21. The maximum atomic E-state index is 12.1. The first kappa shape index (κ1) is 17.1. The van der Waals surface area contributed by atoms with E-state index < -0.39 is 5.60 Å². The third-order valence-electron chi connectivity index (χ3n) is 4.17. The molecule has 1 heterocycles. The Labute approximate surface area is 146 Å². The van der Waals surface area contributed by atoms with E-state index in [0.29, 0.717) is 35.8 Å². The highest BCUT2D eigenvalue weighted by molar-refractivity contribution is 5.77. The molecule has 6 heteroatoms. The highest BCUT2D eigenvalue weighted by atomic mass is 16.5. The number of hydrogen-bond donors (Lipinski definition) is 2. The lowest BCUT2D eigenvalue weighted by Crippen LogP contribution is -2.45. The molecule has 1 atom stereocenters. The summed E-state index contributed by atoms with van der Waals surface area (Å²) in [4.78, 5) is 12.1. The van der Waals surface area contributed by atoms with Crippen LogP contribution in [0.15, 0.2) is 48.5 Å². The quantitative estimate of drug-likeness (QED) is 0.837. The molecule has 0 aromatic heterocycles. The maximum Gasteiger partial charge on any atom is 0.258 e. The molecule has 0 aliphatic carbocycles. The van der Waals surface area contributed by atoms with Gasteiger partial charge in [-0.25, -0.2) is 0 Å². The van der Waals surface area contributed by atoms with E-state index in [1.807, 2.05) is 30.3 Å². The second-order valence-corrected chi connectivity index (χ2v) is 5.84. The van der Waals surface area contributed by atoms with Crippen LogP contribution in [-0.2, 0) is 10.4 Å². The second-order valence-electron chi connectivity index (χ2n) is 5.84. The second kappa shape index (κ2) is 7.44. The van der Waals surface area contributed by atoms with Crippen LogP contribution >= 0.6 is 0 Å². The molecule has 0 bridgehead atoms. The predicted molar refractivity (Wildman–Crippen MR) is 91.9 cm³/mol. The molecule has 0 radical (unpaired) electrons. The summed E-state index contributed by atoms with van der Waals surface area (Å²) in [5.74, 6) is 1.39. The maximum absolute atomic E-state index is 12.1. The molecular formula is C19H21NO5. The monoisotopic (exact) mass is 343 g/mol. The van der Waals surface area contributed by atoms with E-state index in [1.165, 1.54) is 0 Å².